The standard InChI is InChI=1S/C19H32N4S.HI/c1-3-20-19(21-11-7-8-16-24-2)23-14-12-22(13-15-23)17-18-9-5-4-6-10-18;/h4-6,9-10H,3,7-8,11-17H2,1-2H3,(H,20,21);1H. The van der Waals surface area contributed by atoms with Gasteiger partial charge in [0.1, 0.15) is 0 Å². The second kappa shape index (κ2) is 13.7. The summed E-state index contributed by atoms with van der Waals surface area (Å²) >= 11 is 1.92. The number of aliphatic imine (C=N–C) groups is 1. The van der Waals surface area contributed by atoms with Crippen LogP contribution in [0, 0.1) is 0 Å². The maximum absolute atomic E-state index is 4.82. The highest BCUT2D eigenvalue weighted by atomic mass is 127. The van der Waals surface area contributed by atoms with Gasteiger partial charge in [-0.25, -0.2) is 0 Å². The minimum atomic E-state index is 0. The summed E-state index contributed by atoms with van der Waals surface area (Å²) in [6.07, 6.45) is 4.61. The van der Waals surface area contributed by atoms with E-state index in [2.05, 4.69) is 58.6 Å². The molecule has 0 radical (unpaired) electrons. The molecule has 0 spiro atoms. The Bertz CT molecular complexity index is 476. The topological polar surface area (TPSA) is 30.9 Å². The Morgan fingerprint density at radius 3 is 2.48 bits per heavy atom. The molecule has 0 saturated carbocycles. The van der Waals surface area contributed by atoms with Crippen LogP contribution in [0.4, 0.5) is 0 Å². The van der Waals surface area contributed by atoms with Crippen LogP contribution in [-0.4, -0.2) is 67.0 Å². The van der Waals surface area contributed by atoms with Gasteiger partial charge in [-0.15, -0.1) is 24.0 Å². The first-order valence-electron chi connectivity index (χ1n) is 9.12. The van der Waals surface area contributed by atoms with Gasteiger partial charge in [0.25, 0.3) is 0 Å². The van der Waals surface area contributed by atoms with E-state index in [0.717, 1.165) is 51.8 Å². The van der Waals surface area contributed by atoms with Crippen molar-refractivity contribution in [2.45, 2.75) is 26.3 Å². The van der Waals surface area contributed by atoms with Gasteiger partial charge >= 0.3 is 0 Å². The number of hydrogen-bond donors (Lipinski definition) is 1. The predicted octanol–water partition coefficient (Wildman–Crippen LogP) is 3.53. The van der Waals surface area contributed by atoms with Crippen LogP contribution in [0.25, 0.3) is 0 Å². The average molecular weight is 476 g/mol. The van der Waals surface area contributed by atoms with Crippen molar-refractivity contribution in [1.29, 1.82) is 0 Å². The summed E-state index contributed by atoms with van der Waals surface area (Å²) in [6, 6.07) is 10.8. The van der Waals surface area contributed by atoms with E-state index in [0.29, 0.717) is 0 Å². The number of benzene rings is 1. The van der Waals surface area contributed by atoms with Gasteiger partial charge in [0, 0.05) is 45.8 Å². The minimum absolute atomic E-state index is 0. The molecule has 1 aliphatic heterocycles. The van der Waals surface area contributed by atoms with Gasteiger partial charge in [-0.3, -0.25) is 9.89 Å². The van der Waals surface area contributed by atoms with Gasteiger partial charge in [0.15, 0.2) is 5.96 Å². The lowest BCUT2D eigenvalue weighted by Crippen LogP contribution is -2.52. The summed E-state index contributed by atoms with van der Waals surface area (Å²) in [7, 11) is 0. The van der Waals surface area contributed by atoms with E-state index in [1.54, 1.807) is 0 Å². The molecule has 1 N–H and O–H groups in total. The van der Waals surface area contributed by atoms with Crippen molar-refractivity contribution in [3.63, 3.8) is 0 Å². The number of guanidine groups is 1. The van der Waals surface area contributed by atoms with Crippen LogP contribution in [0.1, 0.15) is 25.3 Å². The van der Waals surface area contributed by atoms with E-state index in [1.807, 2.05) is 11.8 Å². The third-order valence-electron chi connectivity index (χ3n) is 4.27. The molecule has 0 unspecified atom stereocenters. The second-order valence-corrected chi connectivity index (χ2v) is 7.17. The number of nitrogens with zero attached hydrogens (tertiary/aromatic N) is 3. The number of unbranched alkanes of at least 4 members (excludes halogenated alkanes) is 1. The van der Waals surface area contributed by atoms with Gasteiger partial charge in [-0.2, -0.15) is 11.8 Å². The Hall–Kier alpha value is -0.470. The molecule has 1 aliphatic rings. The number of piperazine rings is 1. The van der Waals surface area contributed by atoms with Crippen LogP contribution >= 0.6 is 35.7 Å². The molecular weight excluding hydrogens is 443 g/mol. The molecule has 0 atom stereocenters. The number of halogens is 1. The fourth-order valence-electron chi connectivity index (χ4n) is 2.93. The molecule has 1 heterocycles. The lowest BCUT2D eigenvalue weighted by molar-refractivity contribution is 0.172. The summed E-state index contributed by atoms with van der Waals surface area (Å²) in [5.74, 6) is 2.34. The molecule has 142 valence electrons. The van der Waals surface area contributed by atoms with Crippen molar-refractivity contribution < 1.29 is 0 Å². The first-order chi connectivity index (χ1) is 11.8. The second-order valence-electron chi connectivity index (χ2n) is 6.18. The van der Waals surface area contributed by atoms with Crippen molar-refractivity contribution in [1.82, 2.24) is 15.1 Å². The number of nitrogens with one attached hydrogen (secondary N) is 1. The maximum Gasteiger partial charge on any atom is 0.194 e. The van der Waals surface area contributed by atoms with Crippen molar-refractivity contribution in [2.75, 3.05) is 51.3 Å². The van der Waals surface area contributed by atoms with Crippen molar-refractivity contribution in [2.24, 2.45) is 4.99 Å². The van der Waals surface area contributed by atoms with Crippen molar-refractivity contribution in [3.05, 3.63) is 35.9 Å². The zero-order valence-corrected chi connectivity index (χ0v) is 18.8. The summed E-state index contributed by atoms with van der Waals surface area (Å²) in [5.41, 5.74) is 1.40. The van der Waals surface area contributed by atoms with E-state index < -0.39 is 0 Å². The van der Waals surface area contributed by atoms with E-state index in [-0.39, 0.29) is 24.0 Å². The summed E-state index contributed by atoms with van der Waals surface area (Å²) in [5, 5.41) is 3.46. The van der Waals surface area contributed by atoms with E-state index in [4.69, 9.17) is 4.99 Å². The van der Waals surface area contributed by atoms with Gasteiger partial charge in [0.05, 0.1) is 0 Å². The number of hydrogen-bond acceptors (Lipinski definition) is 3. The number of rotatable bonds is 8. The van der Waals surface area contributed by atoms with Gasteiger partial charge in [0.2, 0.25) is 0 Å². The highest BCUT2D eigenvalue weighted by molar-refractivity contribution is 14.0. The molecule has 1 aromatic carbocycles. The minimum Gasteiger partial charge on any atom is -0.357 e. The Balaban J connectivity index is 0.00000312. The molecule has 0 bridgehead atoms. The summed E-state index contributed by atoms with van der Waals surface area (Å²) in [4.78, 5) is 9.77. The van der Waals surface area contributed by atoms with Gasteiger partial charge < -0.3 is 10.2 Å². The first-order valence-corrected chi connectivity index (χ1v) is 10.5. The molecule has 1 fully saturated rings. The zero-order chi connectivity index (χ0) is 17.0. The Labute approximate surface area is 174 Å². The Morgan fingerprint density at radius 1 is 1.12 bits per heavy atom. The van der Waals surface area contributed by atoms with E-state index in [9.17, 15) is 0 Å². The molecule has 1 saturated heterocycles. The third-order valence-corrected chi connectivity index (χ3v) is 4.97. The van der Waals surface area contributed by atoms with Crippen LogP contribution in [0.5, 0.6) is 0 Å². The van der Waals surface area contributed by atoms with Crippen LogP contribution in [0.3, 0.4) is 0 Å². The normalized spacial score (nSPS) is 15.8. The Morgan fingerprint density at radius 2 is 1.84 bits per heavy atom. The lowest BCUT2D eigenvalue weighted by atomic mass is 10.2. The zero-order valence-electron chi connectivity index (χ0n) is 15.6. The number of thioether (sulfide) groups is 1. The summed E-state index contributed by atoms with van der Waals surface area (Å²) in [6.45, 7) is 9.40. The first kappa shape index (κ1) is 22.6. The average Bonchev–Trinajstić information content (AvgIpc) is 2.62. The molecule has 2 rings (SSSR count). The molecule has 0 aliphatic carbocycles. The Kier molecular flexibility index (Phi) is 12.4. The van der Waals surface area contributed by atoms with Crippen molar-refractivity contribution >= 4 is 41.7 Å². The third kappa shape index (κ3) is 8.64. The highest BCUT2D eigenvalue weighted by Gasteiger charge is 2.19. The van der Waals surface area contributed by atoms with Gasteiger partial charge in [-0.05, 0) is 37.3 Å². The monoisotopic (exact) mass is 476 g/mol. The van der Waals surface area contributed by atoms with E-state index in [1.165, 1.54) is 24.2 Å². The van der Waals surface area contributed by atoms with Crippen LogP contribution < -0.4 is 5.32 Å². The molecule has 6 heteroatoms. The maximum atomic E-state index is 4.82. The molecule has 1 aromatic rings. The van der Waals surface area contributed by atoms with Crippen LogP contribution in [0.2, 0.25) is 0 Å². The fourth-order valence-corrected chi connectivity index (χ4v) is 3.42. The molecule has 25 heavy (non-hydrogen) atoms. The van der Waals surface area contributed by atoms with E-state index >= 15 is 0 Å². The van der Waals surface area contributed by atoms with Crippen molar-refractivity contribution in [3.8, 4) is 0 Å². The fraction of sp³-hybridized carbons (Fsp3) is 0.632. The van der Waals surface area contributed by atoms with Gasteiger partial charge in [-0.1, -0.05) is 30.3 Å². The predicted molar refractivity (Wildman–Crippen MR) is 122 cm³/mol. The molecule has 0 aromatic heterocycles. The molecule has 4 nitrogen and oxygen atoms in total. The lowest BCUT2D eigenvalue weighted by Gasteiger charge is -2.36. The SMILES string of the molecule is CCNC(=NCCCCSC)N1CCN(Cc2ccccc2)CC1.I. The largest absolute Gasteiger partial charge is 0.357 e. The molecule has 0 amide bonds. The molecular formula is C19H33IN4S. The van der Waals surface area contributed by atoms with Crippen LogP contribution in [0.15, 0.2) is 35.3 Å². The van der Waals surface area contributed by atoms with Crippen LogP contribution in [-0.2, 0) is 6.54 Å². The smallest absolute Gasteiger partial charge is 0.194 e. The quantitative estimate of drug-likeness (QED) is 0.269. The summed E-state index contributed by atoms with van der Waals surface area (Å²) < 4.78 is 0. The highest BCUT2D eigenvalue weighted by Crippen LogP contribution is 2.09.